The fourth-order valence-electron chi connectivity index (χ4n) is 8.08. The summed E-state index contributed by atoms with van der Waals surface area (Å²) in [5.41, 5.74) is 14.1. The monoisotopic (exact) mass is 780 g/mol. The predicted octanol–water partition coefficient (Wildman–Crippen LogP) is 13.4. The molecular formula is C55H36N6. The number of rotatable bonds is 8. The van der Waals surface area contributed by atoms with Crippen LogP contribution in [0.5, 0.6) is 0 Å². The third-order valence-electron chi connectivity index (χ3n) is 11.1. The SMILES string of the molecule is c1ccc(-c2nc(-c3ccccc3)nc(-c3cccc(-c4cccc(-c5ccc(-c6nc(-c7ccccc7)c7c(n6)c6ccccc6n7-c6ccccc6)cc5)c4)c3)n2)cc1. The van der Waals surface area contributed by atoms with Crippen LogP contribution in [0.25, 0.3) is 107 Å². The van der Waals surface area contributed by atoms with Crippen LogP contribution in [0.15, 0.2) is 218 Å². The fourth-order valence-corrected chi connectivity index (χ4v) is 8.08. The van der Waals surface area contributed by atoms with Crippen LogP contribution >= 0.6 is 0 Å². The van der Waals surface area contributed by atoms with E-state index < -0.39 is 0 Å². The number of hydrogen-bond acceptors (Lipinski definition) is 5. The molecular weight excluding hydrogens is 745 g/mol. The van der Waals surface area contributed by atoms with E-state index in [-0.39, 0.29) is 0 Å². The Bertz CT molecular complexity index is 3270. The van der Waals surface area contributed by atoms with Gasteiger partial charge in [0.15, 0.2) is 23.3 Å². The lowest BCUT2D eigenvalue weighted by atomic mass is 9.97. The summed E-state index contributed by atoms with van der Waals surface area (Å²) in [5, 5.41) is 1.09. The Morgan fingerprint density at radius 2 is 0.689 bits per heavy atom. The predicted molar refractivity (Wildman–Crippen MR) is 248 cm³/mol. The number of aromatic nitrogens is 6. The number of nitrogens with zero attached hydrogens (tertiary/aromatic N) is 6. The summed E-state index contributed by atoms with van der Waals surface area (Å²) in [5.74, 6) is 2.59. The van der Waals surface area contributed by atoms with Gasteiger partial charge in [-0.2, -0.15) is 0 Å². The van der Waals surface area contributed by atoms with Crippen molar-refractivity contribution in [2.45, 2.75) is 0 Å². The van der Waals surface area contributed by atoms with Crippen molar-refractivity contribution < 1.29 is 0 Å². The van der Waals surface area contributed by atoms with Gasteiger partial charge in [-0.25, -0.2) is 24.9 Å². The van der Waals surface area contributed by atoms with Gasteiger partial charge in [0, 0.05) is 38.9 Å². The van der Waals surface area contributed by atoms with Gasteiger partial charge in [0.25, 0.3) is 0 Å². The molecule has 3 aromatic heterocycles. The van der Waals surface area contributed by atoms with E-state index in [0.29, 0.717) is 23.3 Å². The molecule has 0 radical (unpaired) electrons. The first-order valence-corrected chi connectivity index (χ1v) is 20.3. The van der Waals surface area contributed by atoms with E-state index in [1.54, 1.807) is 0 Å². The minimum absolute atomic E-state index is 0.627. The fraction of sp³-hybridized carbons (Fsp3) is 0. The quantitative estimate of drug-likeness (QED) is 0.154. The Morgan fingerprint density at radius 1 is 0.279 bits per heavy atom. The first-order chi connectivity index (χ1) is 30.2. The van der Waals surface area contributed by atoms with E-state index in [1.165, 1.54) is 0 Å². The minimum Gasteiger partial charge on any atom is -0.306 e. The molecule has 0 aliphatic heterocycles. The van der Waals surface area contributed by atoms with Crippen LogP contribution in [0.3, 0.4) is 0 Å². The molecule has 0 aliphatic rings. The van der Waals surface area contributed by atoms with Crippen molar-refractivity contribution >= 4 is 21.9 Å². The van der Waals surface area contributed by atoms with Crippen molar-refractivity contribution in [3.8, 4) is 84.7 Å². The number of fused-ring (bicyclic) bond motifs is 3. The Morgan fingerprint density at radius 3 is 1.30 bits per heavy atom. The molecule has 0 spiro atoms. The average molecular weight is 781 g/mol. The molecule has 286 valence electrons. The summed E-state index contributed by atoms with van der Waals surface area (Å²) < 4.78 is 2.29. The Kier molecular flexibility index (Phi) is 9.06. The molecule has 61 heavy (non-hydrogen) atoms. The molecule has 3 heterocycles. The third-order valence-corrected chi connectivity index (χ3v) is 11.1. The average Bonchev–Trinajstić information content (AvgIpc) is 3.69. The summed E-state index contributed by atoms with van der Waals surface area (Å²) >= 11 is 0. The van der Waals surface area contributed by atoms with Crippen molar-refractivity contribution in [1.82, 2.24) is 29.5 Å². The van der Waals surface area contributed by atoms with Crippen LogP contribution in [0.4, 0.5) is 0 Å². The van der Waals surface area contributed by atoms with Crippen LogP contribution in [0, 0.1) is 0 Å². The Balaban J connectivity index is 0.957. The second-order valence-electron chi connectivity index (χ2n) is 14.9. The van der Waals surface area contributed by atoms with Crippen LogP contribution < -0.4 is 0 Å². The molecule has 6 nitrogen and oxygen atoms in total. The molecule has 0 bridgehead atoms. The van der Waals surface area contributed by atoms with Gasteiger partial charge in [-0.1, -0.05) is 188 Å². The highest BCUT2D eigenvalue weighted by molar-refractivity contribution is 6.11. The zero-order valence-electron chi connectivity index (χ0n) is 33.0. The van der Waals surface area contributed by atoms with Crippen molar-refractivity contribution in [1.29, 1.82) is 0 Å². The maximum atomic E-state index is 5.31. The van der Waals surface area contributed by atoms with Crippen molar-refractivity contribution in [2.75, 3.05) is 0 Å². The molecule has 11 aromatic rings. The van der Waals surface area contributed by atoms with Gasteiger partial charge in [0.05, 0.1) is 16.7 Å². The lowest BCUT2D eigenvalue weighted by Crippen LogP contribution is -2.00. The van der Waals surface area contributed by atoms with E-state index in [4.69, 9.17) is 24.9 Å². The molecule has 0 atom stereocenters. The summed E-state index contributed by atoms with van der Waals surface area (Å²) in [6.07, 6.45) is 0. The first-order valence-electron chi connectivity index (χ1n) is 20.3. The minimum atomic E-state index is 0.627. The number of para-hydroxylation sites is 2. The van der Waals surface area contributed by atoms with E-state index in [0.717, 1.165) is 83.4 Å². The molecule has 6 heteroatoms. The van der Waals surface area contributed by atoms with E-state index in [9.17, 15) is 0 Å². The van der Waals surface area contributed by atoms with Crippen LogP contribution in [-0.4, -0.2) is 29.5 Å². The van der Waals surface area contributed by atoms with E-state index in [1.807, 2.05) is 72.8 Å². The molecule has 0 amide bonds. The van der Waals surface area contributed by atoms with Gasteiger partial charge in [-0.15, -0.1) is 0 Å². The van der Waals surface area contributed by atoms with Crippen LogP contribution in [0.2, 0.25) is 0 Å². The first kappa shape index (κ1) is 35.8. The van der Waals surface area contributed by atoms with E-state index in [2.05, 4.69) is 150 Å². The maximum absolute atomic E-state index is 5.31. The highest BCUT2D eigenvalue weighted by Crippen LogP contribution is 2.38. The van der Waals surface area contributed by atoms with Crippen LogP contribution in [0.1, 0.15) is 0 Å². The van der Waals surface area contributed by atoms with Crippen LogP contribution in [-0.2, 0) is 0 Å². The van der Waals surface area contributed by atoms with Crippen molar-refractivity contribution in [3.63, 3.8) is 0 Å². The van der Waals surface area contributed by atoms with Gasteiger partial charge in [-0.3, -0.25) is 0 Å². The number of hydrogen-bond donors (Lipinski definition) is 0. The maximum Gasteiger partial charge on any atom is 0.164 e. The van der Waals surface area contributed by atoms with Gasteiger partial charge < -0.3 is 4.57 Å². The zero-order chi connectivity index (χ0) is 40.5. The summed E-state index contributed by atoms with van der Waals surface area (Å²) in [4.78, 5) is 25.4. The second-order valence-corrected chi connectivity index (χ2v) is 14.9. The smallest absolute Gasteiger partial charge is 0.164 e. The van der Waals surface area contributed by atoms with Gasteiger partial charge in [0.2, 0.25) is 0 Å². The Hall–Kier alpha value is -8.35. The van der Waals surface area contributed by atoms with Crippen molar-refractivity contribution in [2.24, 2.45) is 0 Å². The van der Waals surface area contributed by atoms with Gasteiger partial charge in [-0.05, 0) is 52.6 Å². The highest BCUT2D eigenvalue weighted by Gasteiger charge is 2.21. The normalized spacial score (nSPS) is 11.3. The molecule has 0 N–H and O–H groups in total. The summed E-state index contributed by atoms with van der Waals surface area (Å²) in [7, 11) is 0. The number of benzene rings is 8. The molecule has 0 aliphatic carbocycles. The second kappa shape index (κ2) is 15.4. The Labute approximate surface area is 353 Å². The molecule has 0 saturated heterocycles. The molecule has 0 fully saturated rings. The largest absolute Gasteiger partial charge is 0.306 e. The molecule has 0 unspecified atom stereocenters. The van der Waals surface area contributed by atoms with E-state index >= 15 is 0 Å². The van der Waals surface area contributed by atoms with Gasteiger partial charge >= 0.3 is 0 Å². The van der Waals surface area contributed by atoms with Crippen molar-refractivity contribution in [3.05, 3.63) is 218 Å². The molecule has 8 aromatic carbocycles. The highest BCUT2D eigenvalue weighted by atomic mass is 15.0. The third kappa shape index (κ3) is 6.82. The molecule has 0 saturated carbocycles. The summed E-state index contributed by atoms with van der Waals surface area (Å²) in [6, 6.07) is 75.1. The summed E-state index contributed by atoms with van der Waals surface area (Å²) in [6.45, 7) is 0. The standard InChI is InChI=1S/C55H36N6/c1-5-17-38(18-6-1)49-51-50(47-29-13-14-30-48(47)61(51)46-27-11-4-12-28-46)57-52(56-49)41-33-31-37(32-34-41)42-23-15-24-43(35-42)44-25-16-26-45(36-44)55-59-53(39-19-7-2-8-20-39)58-54(60-55)40-21-9-3-10-22-40/h1-36H. The van der Waals surface area contributed by atoms with Gasteiger partial charge in [0.1, 0.15) is 5.52 Å². The lowest BCUT2D eigenvalue weighted by molar-refractivity contribution is 1.07. The zero-order valence-corrected chi connectivity index (χ0v) is 33.0. The molecule has 11 rings (SSSR count). The lowest BCUT2D eigenvalue weighted by Gasteiger charge is -2.12. The topological polar surface area (TPSA) is 69.4 Å².